The summed E-state index contributed by atoms with van der Waals surface area (Å²) >= 11 is 0. The number of hydrogen-bond acceptors (Lipinski definition) is 2. The van der Waals surface area contributed by atoms with Crippen LogP contribution in [0.4, 0.5) is 0 Å². The Morgan fingerprint density at radius 3 is 1.70 bits per heavy atom. The fraction of sp³-hybridized carbons (Fsp3) is 0.875. The van der Waals surface area contributed by atoms with Gasteiger partial charge in [-0.25, -0.2) is 0 Å². The Morgan fingerprint density at radius 2 is 1.25 bits per heavy atom. The predicted octanol–water partition coefficient (Wildman–Crippen LogP) is 3.29. The summed E-state index contributed by atoms with van der Waals surface area (Å²) in [6.45, 7) is 2.86. The fourth-order valence-corrected chi connectivity index (χ4v) is 2.18. The quantitative estimate of drug-likeness (QED) is 0.480. The highest BCUT2D eigenvalue weighted by molar-refractivity contribution is 5.75. The minimum atomic E-state index is -0.187. The van der Waals surface area contributed by atoms with Gasteiger partial charge >= 0.3 is 0 Å². The molecule has 0 atom stereocenters. The molecule has 4 nitrogen and oxygen atoms in total. The molecule has 0 rings (SSSR count). The second kappa shape index (κ2) is 14.4. The molecule has 0 aromatic heterocycles. The standard InChI is InChI=1S/C16H32N2O2/c1-2-14-18-16(20)13-11-9-7-5-3-4-6-8-10-12-15(17)19/h2-14H2,1H3,(H2,17,19)(H,18,20). The van der Waals surface area contributed by atoms with E-state index in [4.69, 9.17) is 5.73 Å². The number of carbonyl (C=O) groups is 2. The fourth-order valence-electron chi connectivity index (χ4n) is 2.18. The normalized spacial score (nSPS) is 10.4. The molecule has 0 aromatic rings. The van der Waals surface area contributed by atoms with Gasteiger partial charge in [0.15, 0.2) is 0 Å². The third-order valence-electron chi connectivity index (χ3n) is 3.40. The first-order valence-electron chi connectivity index (χ1n) is 8.21. The molecule has 0 aliphatic heterocycles. The van der Waals surface area contributed by atoms with Crippen LogP contribution in [0.1, 0.15) is 84.0 Å². The number of primary amides is 1. The van der Waals surface area contributed by atoms with Gasteiger partial charge in [-0.15, -0.1) is 0 Å². The van der Waals surface area contributed by atoms with Crippen LogP contribution in [0, 0.1) is 0 Å². The van der Waals surface area contributed by atoms with E-state index >= 15 is 0 Å². The molecule has 0 spiro atoms. The number of nitrogens with two attached hydrogens (primary N) is 1. The van der Waals surface area contributed by atoms with Crippen LogP contribution in [0.5, 0.6) is 0 Å². The molecule has 3 N–H and O–H groups in total. The summed E-state index contributed by atoms with van der Waals surface area (Å²) < 4.78 is 0. The summed E-state index contributed by atoms with van der Waals surface area (Å²) in [4.78, 5) is 21.9. The van der Waals surface area contributed by atoms with Crippen molar-refractivity contribution in [1.82, 2.24) is 5.32 Å². The Morgan fingerprint density at radius 1 is 0.800 bits per heavy atom. The van der Waals surface area contributed by atoms with Gasteiger partial charge in [-0.05, 0) is 19.3 Å². The lowest BCUT2D eigenvalue weighted by Crippen LogP contribution is -2.23. The maximum Gasteiger partial charge on any atom is 0.219 e. The van der Waals surface area contributed by atoms with E-state index in [2.05, 4.69) is 12.2 Å². The van der Waals surface area contributed by atoms with E-state index in [-0.39, 0.29) is 11.8 Å². The first kappa shape index (κ1) is 18.9. The SMILES string of the molecule is CCCNC(=O)CCCCCCCCCCCC(N)=O. The summed E-state index contributed by atoms with van der Waals surface area (Å²) in [6, 6.07) is 0. The van der Waals surface area contributed by atoms with E-state index in [1.165, 1.54) is 32.1 Å². The van der Waals surface area contributed by atoms with Crippen molar-refractivity contribution < 1.29 is 9.59 Å². The van der Waals surface area contributed by atoms with Crippen LogP contribution in [0.25, 0.3) is 0 Å². The molecule has 0 saturated heterocycles. The average molecular weight is 284 g/mol. The van der Waals surface area contributed by atoms with Crippen LogP contribution in [-0.4, -0.2) is 18.4 Å². The highest BCUT2D eigenvalue weighted by Gasteiger charge is 1.99. The van der Waals surface area contributed by atoms with E-state index in [0.717, 1.165) is 38.6 Å². The Kier molecular flexibility index (Phi) is 13.6. The molecule has 118 valence electrons. The Balaban J connectivity index is 3.09. The summed E-state index contributed by atoms with van der Waals surface area (Å²) in [6.07, 6.45) is 12.6. The number of carbonyl (C=O) groups excluding carboxylic acids is 2. The largest absolute Gasteiger partial charge is 0.370 e. The predicted molar refractivity (Wildman–Crippen MR) is 83.3 cm³/mol. The number of rotatable bonds is 14. The molecular formula is C16H32N2O2. The molecule has 0 heterocycles. The Hall–Kier alpha value is -1.06. The minimum absolute atomic E-state index is 0.187. The minimum Gasteiger partial charge on any atom is -0.370 e. The maximum atomic E-state index is 11.3. The average Bonchev–Trinajstić information content (AvgIpc) is 2.42. The van der Waals surface area contributed by atoms with Gasteiger partial charge in [0.25, 0.3) is 0 Å². The lowest BCUT2D eigenvalue weighted by Gasteiger charge is -2.04. The molecule has 0 fully saturated rings. The molecule has 0 aliphatic rings. The molecule has 2 amide bonds. The van der Waals surface area contributed by atoms with Crippen LogP contribution < -0.4 is 11.1 Å². The number of nitrogens with one attached hydrogen (secondary N) is 1. The second-order valence-corrected chi connectivity index (χ2v) is 5.50. The zero-order valence-electron chi connectivity index (χ0n) is 13.1. The van der Waals surface area contributed by atoms with E-state index in [1.807, 2.05) is 0 Å². The van der Waals surface area contributed by atoms with Crippen molar-refractivity contribution in [3.8, 4) is 0 Å². The topological polar surface area (TPSA) is 72.2 Å². The maximum absolute atomic E-state index is 11.3. The summed E-state index contributed by atoms with van der Waals surface area (Å²) in [5, 5.41) is 2.90. The van der Waals surface area contributed by atoms with Crippen molar-refractivity contribution in [2.75, 3.05) is 6.54 Å². The number of hydrogen-bond donors (Lipinski definition) is 2. The molecule has 0 unspecified atom stereocenters. The third-order valence-corrected chi connectivity index (χ3v) is 3.40. The van der Waals surface area contributed by atoms with Gasteiger partial charge in [0.05, 0.1) is 0 Å². The lowest BCUT2D eigenvalue weighted by molar-refractivity contribution is -0.121. The molecule has 4 heteroatoms. The Labute approximate surface area is 123 Å². The highest BCUT2D eigenvalue weighted by Crippen LogP contribution is 2.11. The van der Waals surface area contributed by atoms with E-state index in [1.54, 1.807) is 0 Å². The Bertz CT molecular complexity index is 255. The van der Waals surface area contributed by atoms with Gasteiger partial charge in [-0.2, -0.15) is 0 Å². The van der Waals surface area contributed by atoms with Gasteiger partial charge in [0.2, 0.25) is 11.8 Å². The van der Waals surface area contributed by atoms with Crippen LogP contribution in [0.3, 0.4) is 0 Å². The summed E-state index contributed by atoms with van der Waals surface area (Å²) in [5.41, 5.74) is 5.08. The van der Waals surface area contributed by atoms with E-state index in [0.29, 0.717) is 12.8 Å². The van der Waals surface area contributed by atoms with Crippen LogP contribution in [0.15, 0.2) is 0 Å². The second-order valence-electron chi connectivity index (χ2n) is 5.50. The van der Waals surface area contributed by atoms with Gasteiger partial charge < -0.3 is 11.1 Å². The van der Waals surface area contributed by atoms with Crippen LogP contribution in [0.2, 0.25) is 0 Å². The zero-order chi connectivity index (χ0) is 15.1. The van der Waals surface area contributed by atoms with Gasteiger partial charge in [-0.3, -0.25) is 9.59 Å². The van der Waals surface area contributed by atoms with Gasteiger partial charge in [0, 0.05) is 19.4 Å². The first-order valence-corrected chi connectivity index (χ1v) is 8.21. The van der Waals surface area contributed by atoms with E-state index in [9.17, 15) is 9.59 Å². The summed E-state index contributed by atoms with van der Waals surface area (Å²) in [5.74, 6) is 0.00859. The van der Waals surface area contributed by atoms with Crippen molar-refractivity contribution in [2.45, 2.75) is 84.0 Å². The van der Waals surface area contributed by atoms with Crippen LogP contribution in [-0.2, 0) is 9.59 Å². The lowest BCUT2D eigenvalue weighted by atomic mass is 10.1. The van der Waals surface area contributed by atoms with Crippen molar-refractivity contribution >= 4 is 11.8 Å². The smallest absolute Gasteiger partial charge is 0.219 e. The number of unbranched alkanes of at least 4 members (excludes halogenated alkanes) is 8. The monoisotopic (exact) mass is 284 g/mol. The van der Waals surface area contributed by atoms with Crippen molar-refractivity contribution in [2.24, 2.45) is 5.73 Å². The van der Waals surface area contributed by atoms with Gasteiger partial charge in [-0.1, -0.05) is 51.9 Å². The molecule has 0 aliphatic carbocycles. The van der Waals surface area contributed by atoms with Crippen molar-refractivity contribution in [3.05, 3.63) is 0 Å². The third kappa shape index (κ3) is 15.0. The summed E-state index contributed by atoms with van der Waals surface area (Å²) in [7, 11) is 0. The molecule has 0 aromatic carbocycles. The molecule has 0 radical (unpaired) electrons. The highest BCUT2D eigenvalue weighted by atomic mass is 16.1. The van der Waals surface area contributed by atoms with Crippen molar-refractivity contribution in [1.29, 1.82) is 0 Å². The molecule has 20 heavy (non-hydrogen) atoms. The molecule has 0 saturated carbocycles. The van der Waals surface area contributed by atoms with E-state index < -0.39 is 0 Å². The van der Waals surface area contributed by atoms with Gasteiger partial charge in [0.1, 0.15) is 0 Å². The molecule has 0 bridgehead atoms. The molecular weight excluding hydrogens is 252 g/mol. The van der Waals surface area contributed by atoms with Crippen LogP contribution >= 0.6 is 0 Å². The van der Waals surface area contributed by atoms with Crippen molar-refractivity contribution in [3.63, 3.8) is 0 Å². The number of amides is 2. The zero-order valence-corrected chi connectivity index (χ0v) is 13.1. The first-order chi connectivity index (χ1) is 9.66.